The van der Waals surface area contributed by atoms with Crippen LogP contribution in [0.2, 0.25) is 0 Å². The van der Waals surface area contributed by atoms with E-state index in [1.54, 1.807) is 36.0 Å². The van der Waals surface area contributed by atoms with E-state index < -0.39 is 12.1 Å². The van der Waals surface area contributed by atoms with Gasteiger partial charge in [0, 0.05) is 16.7 Å². The maximum absolute atomic E-state index is 11.9. The molecule has 2 rings (SSSR count). The van der Waals surface area contributed by atoms with Crippen LogP contribution >= 0.6 is 11.8 Å². The van der Waals surface area contributed by atoms with Crippen LogP contribution in [0, 0.1) is 0 Å². The number of unbranched alkanes of at least 4 members (excludes halogenated alkanes) is 1. The summed E-state index contributed by atoms with van der Waals surface area (Å²) < 4.78 is 5.23. The monoisotopic (exact) mass is 400 g/mol. The summed E-state index contributed by atoms with van der Waals surface area (Å²) in [7, 11) is 0. The molecule has 150 valence electrons. The second-order valence-corrected chi connectivity index (χ2v) is 7.14. The SMILES string of the molecule is CCCC[C@H](O)C(=C/C=C\C(=O)Oc1ccccc1)SCc1ccccc1.O. The molecule has 0 unspecified atom stereocenters. The topological polar surface area (TPSA) is 78.0 Å². The molecule has 0 bridgehead atoms. The molecule has 2 aromatic rings. The summed E-state index contributed by atoms with van der Waals surface area (Å²) in [5.41, 5.74) is 1.20. The molecule has 0 aromatic heterocycles. The van der Waals surface area contributed by atoms with E-state index in [4.69, 9.17) is 4.74 Å². The summed E-state index contributed by atoms with van der Waals surface area (Å²) in [6, 6.07) is 19.1. The van der Waals surface area contributed by atoms with Gasteiger partial charge in [0.15, 0.2) is 0 Å². The largest absolute Gasteiger partial charge is 0.423 e. The van der Waals surface area contributed by atoms with Gasteiger partial charge in [-0.15, -0.1) is 11.8 Å². The minimum atomic E-state index is -0.520. The number of ether oxygens (including phenoxy) is 1. The van der Waals surface area contributed by atoms with Gasteiger partial charge in [0.1, 0.15) is 5.75 Å². The van der Waals surface area contributed by atoms with Crippen LogP contribution in [0.5, 0.6) is 5.75 Å². The fraction of sp³-hybridized carbons (Fsp3) is 0.261. The number of benzene rings is 2. The lowest BCUT2D eigenvalue weighted by Gasteiger charge is -2.14. The summed E-state index contributed by atoms with van der Waals surface area (Å²) in [6.45, 7) is 2.10. The summed E-state index contributed by atoms with van der Waals surface area (Å²) in [5, 5.41) is 10.5. The zero-order valence-electron chi connectivity index (χ0n) is 16.1. The van der Waals surface area contributed by atoms with Crippen LogP contribution in [0.1, 0.15) is 31.7 Å². The maximum Gasteiger partial charge on any atom is 0.336 e. The smallest absolute Gasteiger partial charge is 0.336 e. The molecular weight excluding hydrogens is 372 g/mol. The van der Waals surface area contributed by atoms with Gasteiger partial charge in [0.05, 0.1) is 6.10 Å². The second-order valence-electron chi connectivity index (χ2n) is 6.09. The molecular formula is C23H28O4S. The predicted octanol–water partition coefficient (Wildman–Crippen LogP) is 4.69. The molecule has 0 amide bonds. The van der Waals surface area contributed by atoms with E-state index in [0.29, 0.717) is 12.2 Å². The minimum absolute atomic E-state index is 0. The van der Waals surface area contributed by atoms with E-state index >= 15 is 0 Å². The Morgan fingerprint density at radius 2 is 1.75 bits per heavy atom. The normalized spacial score (nSPS) is 12.4. The van der Waals surface area contributed by atoms with Gasteiger partial charge >= 0.3 is 5.97 Å². The number of carbonyl (C=O) groups is 1. The first-order valence-corrected chi connectivity index (χ1v) is 10.2. The van der Waals surface area contributed by atoms with Gasteiger partial charge in [-0.1, -0.05) is 74.4 Å². The first-order chi connectivity index (χ1) is 13.2. The van der Waals surface area contributed by atoms with Crippen molar-refractivity contribution in [1.82, 2.24) is 0 Å². The molecule has 2 aromatic carbocycles. The number of hydrogen-bond donors (Lipinski definition) is 1. The molecule has 3 N–H and O–H groups in total. The van der Waals surface area contributed by atoms with Crippen molar-refractivity contribution in [2.75, 3.05) is 0 Å². The molecule has 0 fully saturated rings. The number of esters is 1. The Kier molecular flexibility index (Phi) is 11.7. The van der Waals surface area contributed by atoms with Gasteiger partial charge in [0.25, 0.3) is 0 Å². The Morgan fingerprint density at radius 1 is 1.11 bits per heavy atom. The maximum atomic E-state index is 11.9. The molecule has 28 heavy (non-hydrogen) atoms. The quantitative estimate of drug-likeness (QED) is 0.272. The van der Waals surface area contributed by atoms with Gasteiger partial charge in [-0.2, -0.15) is 0 Å². The number of rotatable bonds is 10. The van der Waals surface area contributed by atoms with Crippen LogP contribution < -0.4 is 4.74 Å². The molecule has 0 spiro atoms. The second kappa shape index (κ2) is 13.8. The predicted molar refractivity (Wildman–Crippen MR) is 116 cm³/mol. The molecule has 5 heteroatoms. The fourth-order valence-electron chi connectivity index (χ4n) is 2.40. The van der Waals surface area contributed by atoms with Crippen molar-refractivity contribution in [2.24, 2.45) is 0 Å². The summed E-state index contributed by atoms with van der Waals surface area (Å²) in [6.07, 6.45) is 7.02. The van der Waals surface area contributed by atoms with Gasteiger partial charge in [-0.3, -0.25) is 0 Å². The minimum Gasteiger partial charge on any atom is -0.423 e. The Morgan fingerprint density at radius 3 is 2.39 bits per heavy atom. The number of aliphatic hydroxyl groups is 1. The number of carbonyl (C=O) groups excluding carboxylic acids is 1. The molecule has 0 saturated heterocycles. The molecule has 0 aliphatic carbocycles. The molecule has 0 aliphatic rings. The van der Waals surface area contributed by atoms with Crippen LogP contribution in [0.4, 0.5) is 0 Å². The number of thioether (sulfide) groups is 1. The van der Waals surface area contributed by atoms with Crippen LogP contribution in [0.15, 0.2) is 83.8 Å². The number of allylic oxidation sites excluding steroid dienone is 2. The number of aliphatic hydroxyl groups excluding tert-OH is 1. The van der Waals surface area contributed by atoms with Gasteiger partial charge in [0.2, 0.25) is 0 Å². The van der Waals surface area contributed by atoms with Crippen molar-refractivity contribution in [3.63, 3.8) is 0 Å². The van der Waals surface area contributed by atoms with Crippen molar-refractivity contribution in [3.8, 4) is 5.75 Å². The van der Waals surface area contributed by atoms with Crippen molar-refractivity contribution < 1.29 is 20.1 Å². The first kappa shape index (κ1) is 23.7. The Bertz CT molecular complexity index is 742. The zero-order chi connectivity index (χ0) is 19.3. The van der Waals surface area contributed by atoms with E-state index in [0.717, 1.165) is 23.5 Å². The van der Waals surface area contributed by atoms with Gasteiger partial charge in [-0.05, 0) is 30.2 Å². The molecule has 4 nitrogen and oxygen atoms in total. The lowest BCUT2D eigenvalue weighted by molar-refractivity contribution is -0.128. The van der Waals surface area contributed by atoms with Gasteiger partial charge in [-0.25, -0.2) is 4.79 Å². The highest BCUT2D eigenvalue weighted by atomic mass is 32.2. The standard InChI is InChI=1S/C23H26O3S.H2O/c1-2-3-15-21(24)22(27-18-19-11-6-4-7-12-19)16-10-17-23(25)26-20-13-8-5-9-14-20;/h4-14,16-17,21,24H,2-3,15,18H2,1H3;1H2/b17-10-,22-16?;/t21-;/m0./s1. The molecule has 0 radical (unpaired) electrons. The van der Waals surface area contributed by atoms with Crippen LogP contribution in [0.3, 0.4) is 0 Å². The van der Waals surface area contributed by atoms with Crippen molar-refractivity contribution >= 4 is 17.7 Å². The highest BCUT2D eigenvalue weighted by Gasteiger charge is 2.11. The lowest BCUT2D eigenvalue weighted by atomic mass is 10.1. The molecule has 0 saturated carbocycles. The summed E-state index contributed by atoms with van der Waals surface area (Å²) in [5.74, 6) is 0.851. The Labute approximate surface area is 171 Å². The summed E-state index contributed by atoms with van der Waals surface area (Å²) in [4.78, 5) is 12.8. The summed E-state index contributed by atoms with van der Waals surface area (Å²) >= 11 is 1.60. The molecule has 1 atom stereocenters. The number of hydrogen-bond acceptors (Lipinski definition) is 4. The van der Waals surface area contributed by atoms with Gasteiger partial charge < -0.3 is 15.3 Å². The van der Waals surface area contributed by atoms with E-state index in [9.17, 15) is 9.90 Å². The third kappa shape index (κ3) is 9.04. The zero-order valence-corrected chi connectivity index (χ0v) is 16.9. The Hall–Kier alpha value is -2.34. The fourth-order valence-corrected chi connectivity index (χ4v) is 3.41. The highest BCUT2D eigenvalue weighted by molar-refractivity contribution is 8.02. The van der Waals surface area contributed by atoms with Crippen molar-refractivity contribution in [2.45, 2.75) is 38.0 Å². The molecule has 0 aliphatic heterocycles. The lowest BCUT2D eigenvalue weighted by Crippen LogP contribution is -2.08. The Balaban J connectivity index is 0.00000392. The van der Waals surface area contributed by atoms with E-state index in [1.807, 2.05) is 36.4 Å². The van der Waals surface area contributed by atoms with Crippen molar-refractivity contribution in [1.29, 1.82) is 0 Å². The van der Waals surface area contributed by atoms with E-state index in [2.05, 4.69) is 19.1 Å². The van der Waals surface area contributed by atoms with E-state index in [1.165, 1.54) is 11.6 Å². The third-order valence-corrected chi connectivity index (χ3v) is 5.08. The van der Waals surface area contributed by atoms with Crippen LogP contribution in [0.25, 0.3) is 0 Å². The number of para-hydroxylation sites is 1. The van der Waals surface area contributed by atoms with Crippen LogP contribution in [-0.2, 0) is 10.5 Å². The average molecular weight is 401 g/mol. The van der Waals surface area contributed by atoms with Crippen molar-refractivity contribution in [3.05, 3.63) is 89.4 Å². The first-order valence-electron chi connectivity index (χ1n) is 9.19. The highest BCUT2D eigenvalue weighted by Crippen LogP contribution is 2.26. The van der Waals surface area contributed by atoms with Crippen LogP contribution in [-0.4, -0.2) is 22.7 Å². The van der Waals surface area contributed by atoms with E-state index in [-0.39, 0.29) is 5.48 Å². The third-order valence-electron chi connectivity index (χ3n) is 3.86. The molecule has 0 heterocycles. The average Bonchev–Trinajstić information content (AvgIpc) is 2.70.